The summed E-state index contributed by atoms with van der Waals surface area (Å²) in [5.74, 6) is 0. The van der Waals surface area contributed by atoms with Crippen LogP contribution in [0.2, 0.25) is 0 Å². The lowest BCUT2D eigenvalue weighted by Gasteiger charge is -2.49. The highest BCUT2D eigenvalue weighted by atomic mass is 14.5. The molecule has 0 amide bonds. The molecule has 5 aromatic rings. The minimum atomic E-state index is -0.103. The van der Waals surface area contributed by atoms with Gasteiger partial charge in [0.05, 0.1) is 0 Å². The van der Waals surface area contributed by atoms with Gasteiger partial charge in [0.1, 0.15) is 0 Å². The SMILES string of the molecule is CCC(C)(CC(C)(CC(C)(CC(C)(CC(C)(C)c1ccccc1)c1ccccc1)c1ccccc1)c1ccccc1)c1ccccc1. The fourth-order valence-electron chi connectivity index (χ4n) is 9.14. The molecule has 0 aliphatic carbocycles. The Morgan fingerprint density at radius 3 is 0.830 bits per heavy atom. The minimum Gasteiger partial charge on any atom is -0.0645 e. The molecule has 0 aliphatic rings. The van der Waals surface area contributed by atoms with E-state index in [-0.39, 0.29) is 27.1 Å². The second kappa shape index (κ2) is 14.1. The largest absolute Gasteiger partial charge is 0.0645 e. The first-order valence-electron chi connectivity index (χ1n) is 17.7. The fourth-order valence-corrected chi connectivity index (χ4v) is 9.14. The predicted molar refractivity (Wildman–Crippen MR) is 203 cm³/mol. The number of hydrogen-bond donors (Lipinski definition) is 0. The van der Waals surface area contributed by atoms with Gasteiger partial charge in [0.15, 0.2) is 0 Å². The summed E-state index contributed by atoms with van der Waals surface area (Å²) < 4.78 is 0. The van der Waals surface area contributed by atoms with Crippen LogP contribution in [-0.4, -0.2) is 0 Å². The monoisotopic (exact) mass is 620 g/mol. The second-order valence-corrected chi connectivity index (χ2v) is 16.0. The van der Waals surface area contributed by atoms with Crippen LogP contribution in [0.5, 0.6) is 0 Å². The molecular formula is C47H56. The fraction of sp³-hybridized carbons (Fsp3) is 0.362. The Morgan fingerprint density at radius 2 is 0.532 bits per heavy atom. The lowest BCUT2D eigenvalue weighted by Crippen LogP contribution is -2.44. The smallest absolute Gasteiger partial charge is 0.00585 e. The molecule has 4 unspecified atom stereocenters. The van der Waals surface area contributed by atoms with E-state index in [1.807, 2.05) is 0 Å². The van der Waals surface area contributed by atoms with Crippen molar-refractivity contribution in [2.45, 2.75) is 108 Å². The van der Waals surface area contributed by atoms with Crippen molar-refractivity contribution in [2.24, 2.45) is 0 Å². The first-order valence-corrected chi connectivity index (χ1v) is 17.7. The third-order valence-corrected chi connectivity index (χ3v) is 11.4. The summed E-state index contributed by atoms with van der Waals surface area (Å²) in [6.45, 7) is 17.4. The molecule has 0 heterocycles. The number of hydrogen-bond acceptors (Lipinski definition) is 0. The molecule has 0 nitrogen and oxygen atoms in total. The third-order valence-electron chi connectivity index (χ3n) is 11.4. The predicted octanol–water partition coefficient (Wildman–Crippen LogP) is 12.8. The van der Waals surface area contributed by atoms with E-state index in [2.05, 4.69) is 200 Å². The highest BCUT2D eigenvalue weighted by molar-refractivity contribution is 5.37. The average molecular weight is 621 g/mol. The third kappa shape index (κ3) is 7.81. The van der Waals surface area contributed by atoms with Gasteiger partial charge in [0.25, 0.3) is 0 Å². The quantitative estimate of drug-likeness (QED) is 0.116. The molecule has 0 heteroatoms. The molecule has 4 atom stereocenters. The normalized spacial score (nSPS) is 17.1. The van der Waals surface area contributed by atoms with Crippen molar-refractivity contribution in [1.29, 1.82) is 0 Å². The van der Waals surface area contributed by atoms with Crippen LogP contribution in [0.25, 0.3) is 0 Å². The van der Waals surface area contributed by atoms with Gasteiger partial charge in [-0.25, -0.2) is 0 Å². The maximum Gasteiger partial charge on any atom is -0.00585 e. The van der Waals surface area contributed by atoms with Gasteiger partial charge in [0.2, 0.25) is 0 Å². The lowest BCUT2D eigenvalue weighted by atomic mass is 9.54. The molecule has 0 bridgehead atoms. The highest BCUT2D eigenvalue weighted by Gasteiger charge is 2.46. The van der Waals surface area contributed by atoms with Crippen LogP contribution < -0.4 is 0 Å². The van der Waals surface area contributed by atoms with Gasteiger partial charge in [-0.15, -0.1) is 0 Å². The Morgan fingerprint density at radius 1 is 0.298 bits per heavy atom. The van der Waals surface area contributed by atoms with E-state index in [4.69, 9.17) is 0 Å². The van der Waals surface area contributed by atoms with Crippen LogP contribution in [0.15, 0.2) is 152 Å². The van der Waals surface area contributed by atoms with Crippen molar-refractivity contribution < 1.29 is 0 Å². The molecule has 0 aromatic heterocycles. The molecule has 0 N–H and O–H groups in total. The summed E-state index contributed by atoms with van der Waals surface area (Å²) in [6.07, 6.45) is 5.31. The molecule has 0 fully saturated rings. The van der Waals surface area contributed by atoms with Crippen molar-refractivity contribution in [3.05, 3.63) is 179 Å². The summed E-state index contributed by atoms with van der Waals surface area (Å²) in [6, 6.07) is 56.5. The number of benzene rings is 5. The zero-order valence-electron chi connectivity index (χ0n) is 30.0. The van der Waals surface area contributed by atoms with E-state index in [9.17, 15) is 0 Å². The van der Waals surface area contributed by atoms with Crippen molar-refractivity contribution in [2.75, 3.05) is 0 Å². The lowest BCUT2D eigenvalue weighted by molar-refractivity contribution is 0.183. The van der Waals surface area contributed by atoms with Gasteiger partial charge in [-0.1, -0.05) is 200 Å². The summed E-state index contributed by atoms with van der Waals surface area (Å²) in [4.78, 5) is 0. The first-order chi connectivity index (χ1) is 22.4. The van der Waals surface area contributed by atoms with Crippen molar-refractivity contribution >= 4 is 0 Å². The molecule has 5 aromatic carbocycles. The molecule has 0 saturated carbocycles. The van der Waals surface area contributed by atoms with Crippen LogP contribution in [-0.2, 0) is 27.1 Å². The summed E-state index contributed by atoms with van der Waals surface area (Å²) in [5, 5.41) is 0. The van der Waals surface area contributed by atoms with Crippen LogP contribution in [0.4, 0.5) is 0 Å². The zero-order valence-corrected chi connectivity index (χ0v) is 30.0. The number of rotatable bonds is 14. The Labute approximate surface area is 286 Å². The van der Waals surface area contributed by atoms with Crippen LogP contribution in [0.1, 0.15) is 108 Å². The van der Waals surface area contributed by atoms with Gasteiger partial charge in [-0.2, -0.15) is 0 Å². The van der Waals surface area contributed by atoms with E-state index in [0.29, 0.717) is 0 Å². The Bertz CT molecular complexity index is 1660. The Hall–Kier alpha value is -3.90. The standard InChI is InChI=1S/C47H56/c1-8-44(4,39-26-16-10-17-27-39)35-46(6,41-30-20-12-21-31-41)37-47(7,42-32-22-13-23-33-42)36-45(5,40-28-18-11-19-29-40)34-43(2,3)38-24-14-9-15-25-38/h9-33H,8,34-37H2,1-7H3. The van der Waals surface area contributed by atoms with Gasteiger partial charge in [-0.05, 0) is 87.0 Å². The van der Waals surface area contributed by atoms with Crippen molar-refractivity contribution in [3.63, 3.8) is 0 Å². The van der Waals surface area contributed by atoms with Crippen LogP contribution in [0, 0.1) is 0 Å². The molecule has 244 valence electrons. The molecule has 5 rings (SSSR count). The molecule has 0 spiro atoms. The molecular weight excluding hydrogens is 565 g/mol. The van der Waals surface area contributed by atoms with Gasteiger partial charge in [-0.3, -0.25) is 0 Å². The maximum absolute atomic E-state index is 2.56. The summed E-state index contributed by atoms with van der Waals surface area (Å²) >= 11 is 0. The van der Waals surface area contributed by atoms with E-state index >= 15 is 0 Å². The maximum atomic E-state index is 2.56. The average Bonchev–Trinajstić information content (AvgIpc) is 3.10. The minimum absolute atomic E-state index is 0.000273. The van der Waals surface area contributed by atoms with Gasteiger partial charge >= 0.3 is 0 Å². The van der Waals surface area contributed by atoms with Gasteiger partial charge in [0, 0.05) is 0 Å². The first kappa shape index (κ1) is 34.4. The Balaban J connectivity index is 1.65. The molecule has 47 heavy (non-hydrogen) atoms. The second-order valence-electron chi connectivity index (χ2n) is 16.0. The summed E-state index contributed by atoms with van der Waals surface area (Å²) in [7, 11) is 0. The highest BCUT2D eigenvalue weighted by Crippen LogP contribution is 2.53. The van der Waals surface area contributed by atoms with Crippen LogP contribution in [0.3, 0.4) is 0 Å². The van der Waals surface area contributed by atoms with Crippen LogP contribution >= 0.6 is 0 Å². The van der Waals surface area contributed by atoms with E-state index < -0.39 is 0 Å². The molecule has 0 aliphatic heterocycles. The topological polar surface area (TPSA) is 0 Å². The summed E-state index contributed by atoms with van der Waals surface area (Å²) in [5.41, 5.74) is 6.92. The Kier molecular flexibility index (Phi) is 10.3. The van der Waals surface area contributed by atoms with E-state index in [1.54, 1.807) is 0 Å². The van der Waals surface area contributed by atoms with Gasteiger partial charge < -0.3 is 0 Å². The zero-order chi connectivity index (χ0) is 33.6. The van der Waals surface area contributed by atoms with E-state index in [1.165, 1.54) is 27.8 Å². The van der Waals surface area contributed by atoms with Crippen molar-refractivity contribution in [1.82, 2.24) is 0 Å². The molecule has 0 saturated heterocycles. The van der Waals surface area contributed by atoms with Crippen molar-refractivity contribution in [3.8, 4) is 0 Å². The molecule has 0 radical (unpaired) electrons. The van der Waals surface area contributed by atoms with E-state index in [0.717, 1.165) is 32.1 Å².